The smallest absolute Gasteiger partial charge is 0.0343 e. The molecule has 0 radical (unpaired) electrons. The predicted octanol–water partition coefficient (Wildman–Crippen LogP) is 2.43. The molecule has 1 N–H and O–H groups in total. The first-order valence-electron chi connectivity index (χ1n) is 7.34. The second-order valence-corrected chi connectivity index (χ2v) is 5.84. The standard InChI is InChI=1S/C16H27N3/c1-14-6-4-7-15(12-14)17-9-11-18(2)13-16-8-5-10-19(16)3/h4,6-7,12,16-17H,5,8-11,13H2,1-3H3. The molecule has 0 aliphatic carbocycles. The molecule has 1 aromatic rings. The molecule has 1 aliphatic rings. The Balaban J connectivity index is 1.67. The molecular weight excluding hydrogens is 234 g/mol. The maximum Gasteiger partial charge on any atom is 0.0343 e. The molecule has 1 unspecified atom stereocenters. The van der Waals surface area contributed by atoms with E-state index in [0.29, 0.717) is 0 Å². The van der Waals surface area contributed by atoms with Crippen LogP contribution in [0.1, 0.15) is 18.4 Å². The third-order valence-corrected chi connectivity index (χ3v) is 4.03. The molecule has 2 rings (SSSR count). The molecule has 3 heteroatoms. The number of anilines is 1. The highest BCUT2D eigenvalue weighted by Crippen LogP contribution is 2.15. The summed E-state index contributed by atoms with van der Waals surface area (Å²) in [6.45, 7) is 6.69. The predicted molar refractivity (Wildman–Crippen MR) is 82.8 cm³/mol. The zero-order chi connectivity index (χ0) is 13.7. The van der Waals surface area contributed by atoms with Crippen molar-refractivity contribution in [1.29, 1.82) is 0 Å². The van der Waals surface area contributed by atoms with Gasteiger partial charge in [0.25, 0.3) is 0 Å². The number of nitrogens with one attached hydrogen (secondary N) is 1. The van der Waals surface area contributed by atoms with E-state index >= 15 is 0 Å². The van der Waals surface area contributed by atoms with Crippen molar-refractivity contribution in [3.05, 3.63) is 29.8 Å². The van der Waals surface area contributed by atoms with Gasteiger partial charge >= 0.3 is 0 Å². The van der Waals surface area contributed by atoms with Crippen LogP contribution in [0, 0.1) is 6.92 Å². The summed E-state index contributed by atoms with van der Waals surface area (Å²) < 4.78 is 0. The van der Waals surface area contributed by atoms with Crippen molar-refractivity contribution in [3.8, 4) is 0 Å². The minimum absolute atomic E-state index is 0.754. The van der Waals surface area contributed by atoms with Gasteiger partial charge in [0.15, 0.2) is 0 Å². The minimum Gasteiger partial charge on any atom is -0.384 e. The lowest BCUT2D eigenvalue weighted by Gasteiger charge is -2.25. The molecule has 0 bridgehead atoms. The second-order valence-electron chi connectivity index (χ2n) is 5.84. The van der Waals surface area contributed by atoms with Gasteiger partial charge in [0, 0.05) is 31.4 Å². The van der Waals surface area contributed by atoms with E-state index in [-0.39, 0.29) is 0 Å². The average Bonchev–Trinajstić information content (AvgIpc) is 2.75. The lowest BCUT2D eigenvalue weighted by atomic mass is 10.2. The van der Waals surface area contributed by atoms with Gasteiger partial charge < -0.3 is 15.1 Å². The molecule has 1 heterocycles. The van der Waals surface area contributed by atoms with Crippen LogP contribution in [0.2, 0.25) is 0 Å². The second kappa shape index (κ2) is 6.92. The Morgan fingerprint density at radius 1 is 1.42 bits per heavy atom. The number of rotatable bonds is 6. The van der Waals surface area contributed by atoms with E-state index < -0.39 is 0 Å². The van der Waals surface area contributed by atoms with Gasteiger partial charge in [-0.1, -0.05) is 12.1 Å². The number of nitrogens with zero attached hydrogens (tertiary/aromatic N) is 2. The summed E-state index contributed by atoms with van der Waals surface area (Å²) in [7, 11) is 4.47. The molecule has 3 nitrogen and oxygen atoms in total. The molecule has 1 aliphatic heterocycles. The average molecular weight is 261 g/mol. The molecule has 1 aromatic carbocycles. The molecular formula is C16H27N3. The Bertz CT molecular complexity index is 391. The molecule has 1 saturated heterocycles. The van der Waals surface area contributed by atoms with E-state index in [1.807, 2.05) is 0 Å². The van der Waals surface area contributed by atoms with Crippen LogP contribution in [0.5, 0.6) is 0 Å². The summed E-state index contributed by atoms with van der Waals surface area (Å²) in [4.78, 5) is 4.93. The maximum atomic E-state index is 3.50. The molecule has 0 amide bonds. The molecule has 1 atom stereocenters. The van der Waals surface area contributed by atoms with E-state index in [2.05, 4.69) is 60.4 Å². The Morgan fingerprint density at radius 3 is 2.95 bits per heavy atom. The largest absolute Gasteiger partial charge is 0.384 e. The summed E-state index contributed by atoms with van der Waals surface area (Å²) in [6, 6.07) is 9.33. The summed E-state index contributed by atoms with van der Waals surface area (Å²) in [5.74, 6) is 0. The topological polar surface area (TPSA) is 18.5 Å². The number of likely N-dealkylation sites (tertiary alicyclic amines) is 1. The van der Waals surface area contributed by atoms with Gasteiger partial charge in [0.2, 0.25) is 0 Å². The highest BCUT2D eigenvalue weighted by Gasteiger charge is 2.21. The van der Waals surface area contributed by atoms with Crippen molar-refractivity contribution < 1.29 is 0 Å². The van der Waals surface area contributed by atoms with Crippen LogP contribution in [0.15, 0.2) is 24.3 Å². The highest BCUT2D eigenvalue weighted by molar-refractivity contribution is 5.45. The lowest BCUT2D eigenvalue weighted by Crippen LogP contribution is -2.38. The van der Waals surface area contributed by atoms with E-state index in [0.717, 1.165) is 19.1 Å². The Hall–Kier alpha value is -1.06. The fraction of sp³-hybridized carbons (Fsp3) is 0.625. The van der Waals surface area contributed by atoms with Crippen molar-refractivity contribution in [1.82, 2.24) is 9.80 Å². The number of benzene rings is 1. The summed E-state index contributed by atoms with van der Waals surface area (Å²) >= 11 is 0. The van der Waals surface area contributed by atoms with Gasteiger partial charge in [-0.05, 0) is 58.1 Å². The van der Waals surface area contributed by atoms with Crippen LogP contribution in [0.3, 0.4) is 0 Å². The Labute approximate surface area is 117 Å². The zero-order valence-electron chi connectivity index (χ0n) is 12.5. The monoisotopic (exact) mass is 261 g/mol. The van der Waals surface area contributed by atoms with Crippen molar-refractivity contribution >= 4 is 5.69 Å². The molecule has 106 valence electrons. The van der Waals surface area contributed by atoms with Gasteiger partial charge in [-0.3, -0.25) is 0 Å². The van der Waals surface area contributed by atoms with Crippen molar-refractivity contribution in [2.45, 2.75) is 25.8 Å². The number of hydrogen-bond donors (Lipinski definition) is 1. The minimum atomic E-state index is 0.754. The zero-order valence-corrected chi connectivity index (χ0v) is 12.5. The van der Waals surface area contributed by atoms with E-state index in [1.165, 1.54) is 37.2 Å². The fourth-order valence-corrected chi connectivity index (χ4v) is 2.81. The van der Waals surface area contributed by atoms with E-state index in [1.54, 1.807) is 0 Å². The van der Waals surface area contributed by atoms with Gasteiger partial charge in [-0.25, -0.2) is 0 Å². The van der Waals surface area contributed by atoms with Crippen molar-refractivity contribution in [2.24, 2.45) is 0 Å². The third-order valence-electron chi connectivity index (χ3n) is 4.03. The Kier molecular flexibility index (Phi) is 5.23. The van der Waals surface area contributed by atoms with Gasteiger partial charge in [0.1, 0.15) is 0 Å². The molecule has 0 spiro atoms. The van der Waals surface area contributed by atoms with E-state index in [9.17, 15) is 0 Å². The van der Waals surface area contributed by atoms with Crippen LogP contribution in [-0.2, 0) is 0 Å². The molecule has 19 heavy (non-hydrogen) atoms. The van der Waals surface area contributed by atoms with Crippen LogP contribution >= 0.6 is 0 Å². The fourth-order valence-electron chi connectivity index (χ4n) is 2.81. The first-order valence-corrected chi connectivity index (χ1v) is 7.34. The SMILES string of the molecule is Cc1cccc(NCCN(C)CC2CCCN2C)c1. The first-order chi connectivity index (χ1) is 9.15. The summed E-state index contributed by atoms with van der Waals surface area (Å²) in [5, 5.41) is 3.50. The number of aryl methyl sites for hydroxylation is 1. The Morgan fingerprint density at radius 2 is 2.26 bits per heavy atom. The van der Waals surface area contributed by atoms with Gasteiger partial charge in [-0.2, -0.15) is 0 Å². The van der Waals surface area contributed by atoms with Crippen molar-refractivity contribution in [2.75, 3.05) is 45.6 Å². The van der Waals surface area contributed by atoms with Crippen molar-refractivity contribution in [3.63, 3.8) is 0 Å². The lowest BCUT2D eigenvalue weighted by molar-refractivity contribution is 0.224. The van der Waals surface area contributed by atoms with Crippen LogP contribution in [0.4, 0.5) is 5.69 Å². The van der Waals surface area contributed by atoms with Gasteiger partial charge in [-0.15, -0.1) is 0 Å². The molecule has 0 saturated carbocycles. The highest BCUT2D eigenvalue weighted by atomic mass is 15.2. The van der Waals surface area contributed by atoms with E-state index in [4.69, 9.17) is 0 Å². The van der Waals surface area contributed by atoms with Crippen LogP contribution < -0.4 is 5.32 Å². The summed E-state index contributed by atoms with van der Waals surface area (Å²) in [6.07, 6.45) is 2.71. The third kappa shape index (κ3) is 4.51. The first kappa shape index (κ1) is 14.4. The quantitative estimate of drug-likeness (QED) is 0.848. The number of hydrogen-bond acceptors (Lipinski definition) is 3. The maximum absolute atomic E-state index is 3.50. The number of likely N-dealkylation sites (N-methyl/N-ethyl adjacent to an activating group) is 2. The summed E-state index contributed by atoms with van der Waals surface area (Å²) in [5.41, 5.74) is 2.54. The molecule has 1 fully saturated rings. The molecule has 0 aromatic heterocycles. The normalized spacial score (nSPS) is 20.1. The van der Waals surface area contributed by atoms with Crippen LogP contribution in [0.25, 0.3) is 0 Å². The van der Waals surface area contributed by atoms with Crippen LogP contribution in [-0.4, -0.2) is 56.1 Å². The van der Waals surface area contributed by atoms with Gasteiger partial charge in [0.05, 0.1) is 0 Å².